The Kier molecular flexibility index (Phi) is 1.02. The molecule has 0 unspecified atom stereocenters. The molecule has 1 heterocycles. The van der Waals surface area contributed by atoms with Crippen molar-refractivity contribution in [3.05, 3.63) is 0 Å². The van der Waals surface area contributed by atoms with Gasteiger partial charge in [0.05, 0.1) is 0 Å². The van der Waals surface area contributed by atoms with Gasteiger partial charge in [-0.05, 0) is 0 Å². The molecule has 0 aromatic carbocycles. The van der Waals surface area contributed by atoms with Crippen molar-refractivity contribution in [1.29, 1.82) is 0 Å². The highest BCUT2D eigenvalue weighted by Gasteiger charge is 1.83. The van der Waals surface area contributed by atoms with Gasteiger partial charge in [0.25, 0.3) is 0 Å². The zero-order chi connectivity index (χ0) is 3.54. The molecule has 0 aromatic rings. The van der Waals surface area contributed by atoms with Crippen molar-refractivity contribution in [2.24, 2.45) is 0 Å². The fourth-order valence-corrected chi connectivity index (χ4v) is 0.968. The maximum absolute atomic E-state index is 3.08. The Labute approximate surface area is 33.2 Å². The first-order valence-electron chi connectivity index (χ1n) is 1.72. The molecule has 5 heavy (non-hydrogen) atoms. The Hall–Kier alpha value is 0.130. The number of hydrogen-bond donors (Lipinski definition) is 1. The molecule has 1 rings (SSSR count). The topological polar surface area (TPSA) is 12.0 Å². The Balaban J connectivity index is 2.32. The largest absolute Gasteiger partial charge is 0.291 e. The van der Waals surface area contributed by atoms with Gasteiger partial charge >= 0.3 is 0 Å². The molecular weight excluding hydrogens is 81.0 g/mol. The highest BCUT2D eigenvalue weighted by Crippen LogP contribution is 1.93. The predicted molar refractivity (Wildman–Crippen MR) is 25.9 cm³/mol. The average molecular weight is 87.1 g/mol. The lowest BCUT2D eigenvalue weighted by Crippen LogP contribution is -2.04. The summed E-state index contributed by atoms with van der Waals surface area (Å²) in [5.41, 5.74) is 0. The van der Waals surface area contributed by atoms with Crippen molar-refractivity contribution in [2.45, 2.75) is 0 Å². The summed E-state index contributed by atoms with van der Waals surface area (Å²) in [4.78, 5) is 0. The highest BCUT2D eigenvalue weighted by molar-refractivity contribution is 7.38. The van der Waals surface area contributed by atoms with Crippen molar-refractivity contribution in [3.63, 3.8) is 0 Å². The van der Waals surface area contributed by atoms with E-state index >= 15 is 0 Å². The van der Waals surface area contributed by atoms with E-state index in [1.807, 2.05) is 0 Å². The van der Waals surface area contributed by atoms with Gasteiger partial charge in [0.15, 0.2) is 0 Å². The summed E-state index contributed by atoms with van der Waals surface area (Å²) in [6.07, 6.45) is 1.31. The van der Waals surface area contributed by atoms with Gasteiger partial charge in [0.2, 0.25) is 0 Å². The SMILES string of the molecule is C1=PCCN1. The van der Waals surface area contributed by atoms with Crippen LogP contribution in [0, 0.1) is 0 Å². The summed E-state index contributed by atoms with van der Waals surface area (Å²) >= 11 is 0. The van der Waals surface area contributed by atoms with E-state index in [9.17, 15) is 0 Å². The Bertz CT molecular complexity index is 44.9. The minimum absolute atomic E-state index is 1.18. The molecule has 1 nitrogen and oxygen atoms in total. The minimum atomic E-state index is 1.18. The lowest BCUT2D eigenvalue weighted by Gasteiger charge is -1.74. The first kappa shape index (κ1) is 3.32. The van der Waals surface area contributed by atoms with Crippen LogP contribution in [-0.2, 0) is 0 Å². The monoisotopic (exact) mass is 87.0 g/mol. The molecule has 0 radical (unpaired) electrons. The number of nitrogens with one attached hydrogen (secondary N) is 1. The molecule has 0 amide bonds. The standard InChI is InChI=1S/C3H6NP/c1-2-5-3-4-1/h3-4H,1-2H2. The lowest BCUT2D eigenvalue weighted by molar-refractivity contribution is 1.03. The van der Waals surface area contributed by atoms with Crippen LogP contribution in [-0.4, -0.2) is 18.6 Å². The first-order valence-corrected chi connectivity index (χ1v) is 2.87. The molecule has 0 aromatic heterocycles. The maximum Gasteiger partial charge on any atom is 0.00731 e. The van der Waals surface area contributed by atoms with E-state index in [-0.39, 0.29) is 0 Å². The van der Waals surface area contributed by atoms with Crippen molar-refractivity contribution in [1.82, 2.24) is 5.32 Å². The molecule has 0 aliphatic carbocycles. The van der Waals surface area contributed by atoms with Gasteiger partial charge in [-0.1, -0.05) is 8.20 Å². The predicted octanol–water partition coefficient (Wildman–Crippen LogP) is 0.295. The zero-order valence-corrected chi connectivity index (χ0v) is 3.83. The molecular formula is C3H6NP. The van der Waals surface area contributed by atoms with Gasteiger partial charge in [-0.25, -0.2) is 0 Å². The van der Waals surface area contributed by atoms with Gasteiger partial charge in [-0.15, -0.1) is 0 Å². The quantitative estimate of drug-likeness (QED) is 0.419. The second kappa shape index (κ2) is 1.54. The molecule has 0 atom stereocenters. The molecule has 0 saturated heterocycles. The van der Waals surface area contributed by atoms with Crippen LogP contribution in [0.25, 0.3) is 0 Å². The third-order valence-corrected chi connectivity index (χ3v) is 1.41. The number of hydrogen-bond acceptors (Lipinski definition) is 1. The summed E-state index contributed by atoms with van der Waals surface area (Å²) in [6, 6.07) is 0. The summed E-state index contributed by atoms with van der Waals surface area (Å²) in [6.45, 7) is 1.18. The molecule has 1 aliphatic heterocycles. The molecule has 0 fully saturated rings. The van der Waals surface area contributed by atoms with Crippen LogP contribution in [0.4, 0.5) is 0 Å². The van der Waals surface area contributed by atoms with Crippen LogP contribution in [0.5, 0.6) is 0 Å². The summed E-state index contributed by atoms with van der Waals surface area (Å²) < 4.78 is 0. The first-order chi connectivity index (χ1) is 2.50. The van der Waals surface area contributed by atoms with Crippen LogP contribution in [0.2, 0.25) is 0 Å². The number of rotatable bonds is 0. The summed E-state index contributed by atoms with van der Waals surface area (Å²) in [7, 11) is 1.46. The van der Waals surface area contributed by atoms with Gasteiger partial charge in [0, 0.05) is 18.6 Å². The molecule has 2 heteroatoms. The van der Waals surface area contributed by atoms with Gasteiger partial charge in [0.1, 0.15) is 0 Å². The highest BCUT2D eigenvalue weighted by atomic mass is 31.1. The van der Waals surface area contributed by atoms with E-state index in [4.69, 9.17) is 0 Å². The molecule has 1 N–H and O–H groups in total. The lowest BCUT2D eigenvalue weighted by atomic mass is 10.8. The van der Waals surface area contributed by atoms with Crippen LogP contribution in [0.15, 0.2) is 0 Å². The molecule has 1 aliphatic rings. The van der Waals surface area contributed by atoms with E-state index in [1.54, 1.807) is 0 Å². The van der Waals surface area contributed by atoms with Crippen LogP contribution in [0.1, 0.15) is 0 Å². The average Bonchev–Trinajstić information content (AvgIpc) is 1.76. The van der Waals surface area contributed by atoms with E-state index in [0.717, 1.165) is 0 Å². The van der Waals surface area contributed by atoms with Gasteiger partial charge < -0.3 is 0 Å². The molecule has 0 bridgehead atoms. The third kappa shape index (κ3) is 0.712. The van der Waals surface area contributed by atoms with E-state index in [0.29, 0.717) is 0 Å². The van der Waals surface area contributed by atoms with E-state index < -0.39 is 0 Å². The van der Waals surface area contributed by atoms with Crippen molar-refractivity contribution >= 4 is 14.1 Å². The Morgan fingerprint density at radius 2 is 2.80 bits per heavy atom. The normalized spacial score (nSPS) is 24.0. The van der Waals surface area contributed by atoms with Crippen molar-refractivity contribution in [3.8, 4) is 0 Å². The van der Waals surface area contributed by atoms with Gasteiger partial charge in [-0.3, -0.25) is 5.32 Å². The summed E-state index contributed by atoms with van der Waals surface area (Å²) in [5, 5.41) is 3.08. The minimum Gasteiger partial charge on any atom is -0.291 e. The van der Waals surface area contributed by atoms with Crippen LogP contribution < -0.4 is 5.32 Å². The molecule has 28 valence electrons. The van der Waals surface area contributed by atoms with Crippen LogP contribution >= 0.6 is 8.20 Å². The maximum atomic E-state index is 3.08. The van der Waals surface area contributed by atoms with Crippen molar-refractivity contribution in [2.75, 3.05) is 12.7 Å². The van der Waals surface area contributed by atoms with Gasteiger partial charge in [-0.2, -0.15) is 0 Å². The van der Waals surface area contributed by atoms with Crippen LogP contribution in [0.3, 0.4) is 0 Å². The third-order valence-electron chi connectivity index (χ3n) is 0.568. The second-order valence-corrected chi connectivity index (χ2v) is 2.06. The Morgan fingerprint density at radius 3 is 3.00 bits per heavy atom. The van der Waals surface area contributed by atoms with Crippen molar-refractivity contribution < 1.29 is 0 Å². The smallest absolute Gasteiger partial charge is 0.00731 e. The zero-order valence-electron chi connectivity index (χ0n) is 2.94. The van der Waals surface area contributed by atoms with E-state index in [1.165, 1.54) is 20.9 Å². The summed E-state index contributed by atoms with van der Waals surface area (Å²) in [5.74, 6) is 2.08. The Morgan fingerprint density at radius 1 is 1.80 bits per heavy atom. The van der Waals surface area contributed by atoms with E-state index in [2.05, 4.69) is 11.2 Å². The fourth-order valence-electron chi connectivity index (χ4n) is 0.323. The molecule has 0 spiro atoms. The molecule has 0 saturated carbocycles. The fraction of sp³-hybridized carbons (Fsp3) is 0.667. The second-order valence-electron chi connectivity index (χ2n) is 0.989.